The van der Waals surface area contributed by atoms with Crippen LogP contribution in [0.2, 0.25) is 0 Å². The Morgan fingerprint density at radius 1 is 0.852 bits per heavy atom. The van der Waals surface area contributed by atoms with E-state index in [1.165, 1.54) is 64.4 Å². The van der Waals surface area contributed by atoms with Crippen LogP contribution in [0.25, 0.3) is 6.08 Å². The lowest BCUT2D eigenvalue weighted by molar-refractivity contribution is -0.177. The minimum Gasteiger partial charge on any atom is -0.421 e. The predicted molar refractivity (Wildman–Crippen MR) is 109 cm³/mol. The van der Waals surface area contributed by atoms with Crippen LogP contribution in [-0.4, -0.2) is 18.2 Å². The van der Waals surface area contributed by atoms with E-state index < -0.39 is 18.2 Å². The van der Waals surface area contributed by atoms with Gasteiger partial charge in [0.25, 0.3) is 6.29 Å². The van der Waals surface area contributed by atoms with E-state index in [1.807, 2.05) is 18.2 Å². The smallest absolute Gasteiger partial charge is 0.305 e. The summed E-state index contributed by atoms with van der Waals surface area (Å²) >= 11 is 0. The lowest BCUT2D eigenvalue weighted by Gasteiger charge is -2.17. The Kier molecular flexibility index (Phi) is 11.2. The SMILES string of the molecule is CCCCCCCCCc1ccc(C=C(C)C(OC(C)=O)OC(C)=O)cc1. The van der Waals surface area contributed by atoms with Crippen molar-refractivity contribution in [3.8, 4) is 0 Å². The second-order valence-electron chi connectivity index (χ2n) is 7.05. The van der Waals surface area contributed by atoms with Crippen molar-refractivity contribution in [3.63, 3.8) is 0 Å². The predicted octanol–water partition coefficient (Wildman–Crippen LogP) is 5.84. The molecule has 0 unspecified atom stereocenters. The maximum atomic E-state index is 11.2. The number of aryl methyl sites for hydroxylation is 1. The highest BCUT2D eigenvalue weighted by Gasteiger charge is 2.17. The quantitative estimate of drug-likeness (QED) is 0.262. The van der Waals surface area contributed by atoms with Gasteiger partial charge in [0, 0.05) is 19.4 Å². The zero-order valence-corrected chi connectivity index (χ0v) is 17.3. The largest absolute Gasteiger partial charge is 0.421 e. The zero-order chi connectivity index (χ0) is 20.1. The molecule has 27 heavy (non-hydrogen) atoms. The fourth-order valence-corrected chi connectivity index (χ4v) is 2.91. The number of rotatable bonds is 12. The molecule has 4 heteroatoms. The van der Waals surface area contributed by atoms with Crippen LogP contribution in [0.1, 0.15) is 83.8 Å². The summed E-state index contributed by atoms with van der Waals surface area (Å²) in [6, 6.07) is 8.34. The molecule has 0 fully saturated rings. The van der Waals surface area contributed by atoms with Gasteiger partial charge in [-0.15, -0.1) is 0 Å². The lowest BCUT2D eigenvalue weighted by atomic mass is 10.0. The minimum absolute atomic E-state index is 0.487. The van der Waals surface area contributed by atoms with Crippen LogP contribution in [0.4, 0.5) is 0 Å². The van der Waals surface area contributed by atoms with Crippen LogP contribution in [0.5, 0.6) is 0 Å². The molecular weight excluding hydrogens is 340 g/mol. The summed E-state index contributed by atoms with van der Waals surface area (Å²) in [4.78, 5) is 22.4. The van der Waals surface area contributed by atoms with Gasteiger partial charge in [0.2, 0.25) is 0 Å². The van der Waals surface area contributed by atoms with E-state index in [4.69, 9.17) is 9.47 Å². The van der Waals surface area contributed by atoms with Crippen LogP contribution in [0, 0.1) is 0 Å². The van der Waals surface area contributed by atoms with E-state index in [2.05, 4.69) is 19.1 Å². The molecule has 0 aliphatic heterocycles. The number of unbranched alkanes of at least 4 members (excludes halogenated alkanes) is 6. The molecule has 0 spiro atoms. The van der Waals surface area contributed by atoms with Crippen molar-refractivity contribution in [1.82, 2.24) is 0 Å². The number of carbonyl (C=O) groups is 2. The first-order chi connectivity index (χ1) is 12.9. The number of benzene rings is 1. The van der Waals surface area contributed by atoms with E-state index in [9.17, 15) is 9.59 Å². The molecule has 0 saturated carbocycles. The zero-order valence-electron chi connectivity index (χ0n) is 17.3. The Morgan fingerprint density at radius 2 is 1.37 bits per heavy atom. The van der Waals surface area contributed by atoms with Crippen molar-refractivity contribution in [2.75, 3.05) is 0 Å². The third-order valence-electron chi connectivity index (χ3n) is 4.36. The number of esters is 2. The Labute approximate surface area is 163 Å². The van der Waals surface area contributed by atoms with Gasteiger partial charge in [-0.05, 0) is 37.0 Å². The Balaban J connectivity index is 2.52. The van der Waals surface area contributed by atoms with E-state index in [0.29, 0.717) is 5.57 Å². The van der Waals surface area contributed by atoms with Crippen molar-refractivity contribution in [2.24, 2.45) is 0 Å². The summed E-state index contributed by atoms with van der Waals surface area (Å²) in [7, 11) is 0. The summed E-state index contributed by atoms with van der Waals surface area (Å²) in [5.74, 6) is -0.974. The Morgan fingerprint density at radius 3 is 1.89 bits per heavy atom. The third kappa shape index (κ3) is 10.6. The molecule has 0 amide bonds. The monoisotopic (exact) mass is 374 g/mol. The van der Waals surface area contributed by atoms with Gasteiger partial charge in [-0.2, -0.15) is 0 Å². The molecular formula is C23H34O4. The molecule has 0 radical (unpaired) electrons. The van der Waals surface area contributed by atoms with Gasteiger partial charge in [-0.25, -0.2) is 0 Å². The van der Waals surface area contributed by atoms with Gasteiger partial charge in [0.15, 0.2) is 0 Å². The summed E-state index contributed by atoms with van der Waals surface area (Å²) in [6.07, 6.45) is 11.2. The standard InChI is InChI=1S/C23H34O4/c1-5-6-7-8-9-10-11-12-21-13-15-22(16-14-21)17-18(2)23(26-19(3)24)27-20(4)25/h13-17,23H,5-12H2,1-4H3. The molecule has 0 N–H and O–H groups in total. The van der Waals surface area contributed by atoms with Crippen LogP contribution in [0.3, 0.4) is 0 Å². The van der Waals surface area contributed by atoms with Crippen molar-refractivity contribution in [2.45, 2.75) is 85.4 Å². The maximum Gasteiger partial charge on any atom is 0.305 e. The topological polar surface area (TPSA) is 52.6 Å². The van der Waals surface area contributed by atoms with Gasteiger partial charge in [-0.3, -0.25) is 9.59 Å². The molecule has 0 aromatic heterocycles. The highest BCUT2D eigenvalue weighted by atomic mass is 16.7. The van der Waals surface area contributed by atoms with E-state index in [0.717, 1.165) is 12.0 Å². The van der Waals surface area contributed by atoms with E-state index in [-0.39, 0.29) is 0 Å². The number of hydrogen-bond donors (Lipinski definition) is 0. The van der Waals surface area contributed by atoms with Gasteiger partial charge < -0.3 is 9.47 Å². The molecule has 1 aromatic carbocycles. The fraction of sp³-hybridized carbons (Fsp3) is 0.565. The number of hydrogen-bond acceptors (Lipinski definition) is 4. The van der Waals surface area contributed by atoms with Crippen molar-refractivity contribution < 1.29 is 19.1 Å². The average Bonchev–Trinajstić information content (AvgIpc) is 2.61. The average molecular weight is 375 g/mol. The molecule has 0 aliphatic carbocycles. The summed E-state index contributed by atoms with van der Waals surface area (Å²) in [6.45, 7) is 6.61. The van der Waals surface area contributed by atoms with Crippen molar-refractivity contribution in [1.29, 1.82) is 0 Å². The first-order valence-electron chi connectivity index (χ1n) is 10.0. The van der Waals surface area contributed by atoms with Gasteiger partial charge >= 0.3 is 11.9 Å². The molecule has 0 atom stereocenters. The van der Waals surface area contributed by atoms with Gasteiger partial charge in [0.1, 0.15) is 0 Å². The van der Waals surface area contributed by atoms with Crippen LogP contribution in [-0.2, 0) is 25.5 Å². The van der Waals surface area contributed by atoms with Crippen LogP contribution < -0.4 is 0 Å². The third-order valence-corrected chi connectivity index (χ3v) is 4.36. The highest BCUT2D eigenvalue weighted by molar-refractivity contribution is 5.69. The normalized spacial score (nSPS) is 11.5. The molecule has 1 rings (SSSR count). The van der Waals surface area contributed by atoms with E-state index >= 15 is 0 Å². The van der Waals surface area contributed by atoms with Crippen LogP contribution >= 0.6 is 0 Å². The summed E-state index contributed by atoms with van der Waals surface area (Å²) in [5, 5.41) is 0. The highest BCUT2D eigenvalue weighted by Crippen LogP contribution is 2.16. The Bertz CT molecular complexity index is 585. The number of carbonyl (C=O) groups excluding carboxylic acids is 2. The molecule has 0 aliphatic rings. The second-order valence-corrected chi connectivity index (χ2v) is 7.05. The Hall–Kier alpha value is -2.10. The molecule has 1 aromatic rings. The number of ether oxygens (including phenoxy) is 2. The fourth-order valence-electron chi connectivity index (χ4n) is 2.91. The lowest BCUT2D eigenvalue weighted by Crippen LogP contribution is -2.23. The second kappa shape index (κ2) is 13.1. The van der Waals surface area contributed by atoms with Gasteiger partial charge in [-0.1, -0.05) is 69.7 Å². The molecule has 150 valence electrons. The van der Waals surface area contributed by atoms with Crippen molar-refractivity contribution in [3.05, 3.63) is 41.0 Å². The maximum absolute atomic E-state index is 11.2. The van der Waals surface area contributed by atoms with Crippen LogP contribution in [0.15, 0.2) is 29.8 Å². The molecule has 0 saturated heterocycles. The van der Waals surface area contributed by atoms with Gasteiger partial charge in [0.05, 0.1) is 0 Å². The molecule has 0 bridgehead atoms. The van der Waals surface area contributed by atoms with Crippen molar-refractivity contribution >= 4 is 18.0 Å². The first kappa shape index (κ1) is 22.9. The summed E-state index contributed by atoms with van der Waals surface area (Å²) in [5.41, 5.74) is 2.98. The summed E-state index contributed by atoms with van der Waals surface area (Å²) < 4.78 is 10.1. The molecule has 4 nitrogen and oxygen atoms in total. The first-order valence-corrected chi connectivity index (χ1v) is 10.0. The minimum atomic E-state index is -0.979. The van der Waals surface area contributed by atoms with E-state index in [1.54, 1.807) is 6.92 Å². The molecule has 0 heterocycles.